The summed E-state index contributed by atoms with van der Waals surface area (Å²) in [5.41, 5.74) is 1.55. The summed E-state index contributed by atoms with van der Waals surface area (Å²) < 4.78 is 26.8. The van der Waals surface area contributed by atoms with E-state index in [9.17, 15) is 13.2 Å². The number of hydrogen-bond acceptors (Lipinski definition) is 4. The minimum atomic E-state index is -3.56. The van der Waals surface area contributed by atoms with Crippen LogP contribution in [0, 0.1) is 0 Å². The van der Waals surface area contributed by atoms with Gasteiger partial charge in [0.25, 0.3) is 0 Å². The third-order valence-corrected chi connectivity index (χ3v) is 6.01. The van der Waals surface area contributed by atoms with Gasteiger partial charge in [0.1, 0.15) is 0 Å². The third-order valence-electron chi connectivity index (χ3n) is 4.09. The van der Waals surface area contributed by atoms with Gasteiger partial charge in [-0.1, -0.05) is 23.7 Å². The molecule has 0 saturated heterocycles. The predicted octanol–water partition coefficient (Wildman–Crippen LogP) is 3.70. The summed E-state index contributed by atoms with van der Waals surface area (Å²) in [7, 11) is -3.56. The number of rotatable bonds is 8. The molecule has 1 amide bonds. The number of carbonyl (C=O) groups excluding carboxylic acids is 1. The van der Waals surface area contributed by atoms with Crippen molar-refractivity contribution in [3.05, 3.63) is 59.1 Å². The molecule has 0 aliphatic carbocycles. The highest BCUT2D eigenvalue weighted by atomic mass is 35.5. The number of sulfonamides is 1. The lowest BCUT2D eigenvalue weighted by Gasteiger charge is -2.20. The van der Waals surface area contributed by atoms with Crippen molar-refractivity contribution in [2.75, 3.05) is 5.32 Å². The lowest BCUT2D eigenvalue weighted by atomic mass is 10.1. The molecule has 2 aromatic rings. The number of amides is 1. The van der Waals surface area contributed by atoms with Gasteiger partial charge in [-0.2, -0.15) is 0 Å². The summed E-state index contributed by atoms with van der Waals surface area (Å²) in [6, 6.07) is 12.8. The Balaban J connectivity index is 1.97. The van der Waals surface area contributed by atoms with E-state index in [1.807, 2.05) is 31.2 Å². The van der Waals surface area contributed by atoms with Crippen LogP contribution < -0.4 is 15.4 Å². The molecule has 0 aliphatic heterocycles. The van der Waals surface area contributed by atoms with Gasteiger partial charge in [-0.15, -0.1) is 0 Å². The minimum absolute atomic E-state index is 0.0346. The first-order valence-electron chi connectivity index (χ1n) is 9.03. The topological polar surface area (TPSA) is 87.3 Å². The minimum Gasteiger partial charge on any atom is -0.325 e. The molecule has 152 valence electrons. The van der Waals surface area contributed by atoms with Crippen LogP contribution in [-0.4, -0.2) is 26.4 Å². The molecular weight excluding hydrogens is 398 g/mol. The van der Waals surface area contributed by atoms with Crippen LogP contribution >= 0.6 is 11.6 Å². The molecule has 6 nitrogen and oxygen atoms in total. The lowest BCUT2D eigenvalue weighted by molar-refractivity contribution is -0.117. The van der Waals surface area contributed by atoms with E-state index in [0.717, 1.165) is 5.56 Å². The fourth-order valence-corrected chi connectivity index (χ4v) is 4.02. The number of carbonyl (C=O) groups is 1. The molecular formula is C20H26ClN3O3S. The van der Waals surface area contributed by atoms with Gasteiger partial charge in [-0.05, 0) is 69.7 Å². The van der Waals surface area contributed by atoms with Gasteiger partial charge in [0, 0.05) is 22.8 Å². The summed E-state index contributed by atoms with van der Waals surface area (Å²) in [6.07, 6.45) is 0. The van der Waals surface area contributed by atoms with E-state index in [1.54, 1.807) is 32.9 Å². The second-order valence-electron chi connectivity index (χ2n) is 6.95. The van der Waals surface area contributed by atoms with E-state index in [-0.39, 0.29) is 22.9 Å². The van der Waals surface area contributed by atoms with Gasteiger partial charge < -0.3 is 5.32 Å². The maximum atomic E-state index is 12.4. The van der Waals surface area contributed by atoms with Gasteiger partial charge in [0.2, 0.25) is 15.9 Å². The van der Waals surface area contributed by atoms with Gasteiger partial charge in [-0.3, -0.25) is 10.1 Å². The van der Waals surface area contributed by atoms with Crippen LogP contribution in [0.4, 0.5) is 5.69 Å². The molecule has 8 heteroatoms. The Morgan fingerprint density at radius 3 is 2.04 bits per heavy atom. The normalized spacial score (nSPS) is 13.9. The van der Waals surface area contributed by atoms with E-state index in [4.69, 9.17) is 11.6 Å². The zero-order valence-corrected chi connectivity index (χ0v) is 17.9. The lowest BCUT2D eigenvalue weighted by Crippen LogP contribution is -2.39. The van der Waals surface area contributed by atoms with E-state index >= 15 is 0 Å². The second kappa shape index (κ2) is 9.52. The van der Waals surface area contributed by atoms with Crippen molar-refractivity contribution in [3.63, 3.8) is 0 Å². The SMILES string of the molecule is CC(C)NS(=O)(=O)c1ccc(NC(=O)[C@@H](C)N[C@@H](C)c2ccc(Cl)cc2)cc1. The molecule has 0 radical (unpaired) electrons. The van der Waals surface area contributed by atoms with Crippen molar-refractivity contribution in [3.8, 4) is 0 Å². The van der Waals surface area contributed by atoms with E-state index in [2.05, 4.69) is 15.4 Å². The zero-order valence-electron chi connectivity index (χ0n) is 16.4. The molecule has 0 heterocycles. The van der Waals surface area contributed by atoms with E-state index < -0.39 is 16.1 Å². The fourth-order valence-electron chi connectivity index (χ4n) is 2.64. The van der Waals surface area contributed by atoms with Crippen molar-refractivity contribution >= 4 is 33.2 Å². The quantitative estimate of drug-likeness (QED) is 0.604. The Bertz CT molecular complexity index is 897. The maximum absolute atomic E-state index is 12.4. The monoisotopic (exact) mass is 423 g/mol. The fraction of sp³-hybridized carbons (Fsp3) is 0.350. The Morgan fingerprint density at radius 2 is 1.50 bits per heavy atom. The molecule has 2 rings (SSSR count). The first kappa shape index (κ1) is 22.4. The summed E-state index contributed by atoms with van der Waals surface area (Å²) >= 11 is 5.90. The predicted molar refractivity (Wildman–Crippen MR) is 113 cm³/mol. The highest BCUT2D eigenvalue weighted by Gasteiger charge is 2.18. The maximum Gasteiger partial charge on any atom is 0.241 e. The molecule has 28 heavy (non-hydrogen) atoms. The Morgan fingerprint density at radius 1 is 0.929 bits per heavy atom. The van der Waals surface area contributed by atoms with Crippen LogP contribution in [0.15, 0.2) is 53.4 Å². The molecule has 2 aromatic carbocycles. The third kappa shape index (κ3) is 6.31. The number of nitrogens with one attached hydrogen (secondary N) is 3. The average molecular weight is 424 g/mol. The molecule has 0 spiro atoms. The first-order valence-corrected chi connectivity index (χ1v) is 10.9. The van der Waals surface area contributed by atoms with Crippen LogP contribution in [0.2, 0.25) is 5.02 Å². The van der Waals surface area contributed by atoms with E-state index in [0.29, 0.717) is 10.7 Å². The molecule has 2 atom stereocenters. The summed E-state index contributed by atoms with van der Waals surface area (Å²) in [6.45, 7) is 7.25. The molecule has 3 N–H and O–H groups in total. The van der Waals surface area contributed by atoms with Gasteiger partial charge in [0.15, 0.2) is 0 Å². The summed E-state index contributed by atoms with van der Waals surface area (Å²) in [4.78, 5) is 12.6. The standard InChI is InChI=1S/C20H26ClN3O3S/c1-13(2)24-28(26,27)19-11-9-18(10-12-19)23-20(25)15(4)22-14(3)16-5-7-17(21)8-6-16/h5-15,22,24H,1-4H3,(H,23,25)/t14-,15+/m0/s1. The number of benzene rings is 2. The summed E-state index contributed by atoms with van der Waals surface area (Å²) in [5, 5.41) is 6.68. The molecule has 0 aromatic heterocycles. The molecule has 0 saturated carbocycles. The highest BCUT2D eigenvalue weighted by molar-refractivity contribution is 7.89. The van der Waals surface area contributed by atoms with Crippen molar-refractivity contribution in [2.24, 2.45) is 0 Å². The molecule has 0 unspecified atom stereocenters. The number of halogens is 1. The van der Waals surface area contributed by atoms with Crippen molar-refractivity contribution in [2.45, 2.75) is 50.7 Å². The molecule has 0 fully saturated rings. The van der Waals surface area contributed by atoms with Crippen LogP contribution in [0.5, 0.6) is 0 Å². The second-order valence-corrected chi connectivity index (χ2v) is 9.10. The first-order chi connectivity index (χ1) is 13.1. The van der Waals surface area contributed by atoms with Crippen molar-refractivity contribution < 1.29 is 13.2 Å². The molecule has 0 aliphatic rings. The zero-order chi connectivity index (χ0) is 20.9. The number of anilines is 1. The van der Waals surface area contributed by atoms with Crippen LogP contribution in [0.25, 0.3) is 0 Å². The molecule has 0 bridgehead atoms. The highest BCUT2D eigenvalue weighted by Crippen LogP contribution is 2.18. The van der Waals surface area contributed by atoms with Gasteiger partial charge >= 0.3 is 0 Å². The Hall–Kier alpha value is -1.93. The van der Waals surface area contributed by atoms with Crippen LogP contribution in [-0.2, 0) is 14.8 Å². The van der Waals surface area contributed by atoms with Crippen molar-refractivity contribution in [1.29, 1.82) is 0 Å². The van der Waals surface area contributed by atoms with Gasteiger partial charge in [0.05, 0.1) is 10.9 Å². The largest absolute Gasteiger partial charge is 0.325 e. The van der Waals surface area contributed by atoms with Crippen molar-refractivity contribution in [1.82, 2.24) is 10.0 Å². The summed E-state index contributed by atoms with van der Waals surface area (Å²) in [5.74, 6) is -0.211. The smallest absolute Gasteiger partial charge is 0.241 e. The van der Waals surface area contributed by atoms with Crippen LogP contribution in [0.3, 0.4) is 0 Å². The Kier molecular flexibility index (Phi) is 7.60. The number of hydrogen-bond donors (Lipinski definition) is 3. The van der Waals surface area contributed by atoms with E-state index in [1.165, 1.54) is 12.1 Å². The Labute approximate surface area is 171 Å². The average Bonchev–Trinajstić information content (AvgIpc) is 2.61. The van der Waals surface area contributed by atoms with Crippen LogP contribution in [0.1, 0.15) is 39.3 Å². The van der Waals surface area contributed by atoms with Gasteiger partial charge in [-0.25, -0.2) is 13.1 Å².